The van der Waals surface area contributed by atoms with Crippen molar-refractivity contribution in [2.75, 3.05) is 26.2 Å². The van der Waals surface area contributed by atoms with Crippen molar-refractivity contribution in [3.63, 3.8) is 0 Å². The van der Waals surface area contributed by atoms with Crippen LogP contribution < -0.4 is 5.73 Å². The van der Waals surface area contributed by atoms with Crippen molar-refractivity contribution >= 4 is 17.2 Å². The molecule has 13 heavy (non-hydrogen) atoms. The summed E-state index contributed by atoms with van der Waals surface area (Å²) in [5.74, 6) is 0. The van der Waals surface area contributed by atoms with E-state index in [0.29, 0.717) is 11.5 Å². The fraction of sp³-hybridized carbons (Fsp3) is 0.889. The van der Waals surface area contributed by atoms with Gasteiger partial charge in [0.05, 0.1) is 10.6 Å². The first-order valence-corrected chi connectivity index (χ1v) is 5.05. The first-order chi connectivity index (χ1) is 5.99. The van der Waals surface area contributed by atoms with E-state index in [9.17, 15) is 0 Å². The van der Waals surface area contributed by atoms with Gasteiger partial charge in [-0.25, -0.2) is 0 Å². The quantitative estimate of drug-likeness (QED) is 0.671. The molecule has 0 unspecified atom stereocenters. The summed E-state index contributed by atoms with van der Waals surface area (Å²) < 4.78 is 5.68. The van der Waals surface area contributed by atoms with Crippen LogP contribution in [0.4, 0.5) is 0 Å². The molecule has 2 N–H and O–H groups in total. The standard InChI is InChI=1S/C9H18N2OS/c1-9(2)7-11(6-8(10)13)4-3-5-12-9/h3-7H2,1-2H3,(H2,10,13). The number of thiocarbonyl (C=S) groups is 1. The normalized spacial score (nSPS) is 23.8. The highest BCUT2D eigenvalue weighted by atomic mass is 32.1. The molecule has 0 atom stereocenters. The predicted molar refractivity (Wildman–Crippen MR) is 57.9 cm³/mol. The Morgan fingerprint density at radius 1 is 1.62 bits per heavy atom. The Hall–Kier alpha value is -0.190. The smallest absolute Gasteiger partial charge is 0.0870 e. The van der Waals surface area contributed by atoms with Crippen molar-refractivity contribution in [1.82, 2.24) is 4.90 Å². The van der Waals surface area contributed by atoms with Crippen LogP contribution in [0.25, 0.3) is 0 Å². The summed E-state index contributed by atoms with van der Waals surface area (Å²) in [6.07, 6.45) is 1.06. The van der Waals surface area contributed by atoms with E-state index < -0.39 is 0 Å². The molecule has 0 bridgehead atoms. The molecule has 0 amide bonds. The molecule has 0 spiro atoms. The Bertz CT molecular complexity index is 194. The first-order valence-electron chi connectivity index (χ1n) is 4.64. The van der Waals surface area contributed by atoms with Gasteiger partial charge in [0.1, 0.15) is 0 Å². The zero-order valence-corrected chi connectivity index (χ0v) is 9.19. The van der Waals surface area contributed by atoms with Crippen molar-refractivity contribution in [2.45, 2.75) is 25.9 Å². The van der Waals surface area contributed by atoms with Gasteiger partial charge in [-0.3, -0.25) is 4.90 Å². The average molecular weight is 202 g/mol. The summed E-state index contributed by atoms with van der Waals surface area (Å²) in [5, 5.41) is 0. The second-order valence-corrected chi connectivity index (χ2v) is 4.66. The third-order valence-electron chi connectivity index (χ3n) is 2.10. The maximum Gasteiger partial charge on any atom is 0.0870 e. The van der Waals surface area contributed by atoms with Crippen LogP contribution in [0.3, 0.4) is 0 Å². The Kier molecular flexibility index (Phi) is 3.64. The molecule has 0 aromatic rings. The molecular weight excluding hydrogens is 184 g/mol. The van der Waals surface area contributed by atoms with Crippen LogP contribution in [-0.2, 0) is 4.74 Å². The van der Waals surface area contributed by atoms with Crippen molar-refractivity contribution in [2.24, 2.45) is 5.73 Å². The van der Waals surface area contributed by atoms with Gasteiger partial charge in [0.2, 0.25) is 0 Å². The lowest BCUT2D eigenvalue weighted by Crippen LogP contribution is -2.41. The van der Waals surface area contributed by atoms with Crippen LogP contribution in [0.15, 0.2) is 0 Å². The van der Waals surface area contributed by atoms with Crippen LogP contribution in [-0.4, -0.2) is 41.7 Å². The third kappa shape index (κ3) is 4.02. The minimum Gasteiger partial charge on any atom is -0.392 e. The Labute approximate surface area is 85.2 Å². The molecule has 1 aliphatic rings. The molecule has 1 fully saturated rings. The van der Waals surface area contributed by atoms with Gasteiger partial charge < -0.3 is 10.5 Å². The zero-order valence-electron chi connectivity index (χ0n) is 8.38. The second kappa shape index (κ2) is 4.35. The molecule has 4 heteroatoms. The highest BCUT2D eigenvalue weighted by Gasteiger charge is 2.25. The number of hydrogen-bond acceptors (Lipinski definition) is 3. The molecule has 0 saturated carbocycles. The van der Waals surface area contributed by atoms with E-state index in [4.69, 9.17) is 22.7 Å². The van der Waals surface area contributed by atoms with Gasteiger partial charge in [-0.15, -0.1) is 0 Å². The molecule has 0 radical (unpaired) electrons. The number of nitrogens with zero attached hydrogens (tertiary/aromatic N) is 1. The lowest BCUT2D eigenvalue weighted by atomic mass is 10.1. The van der Waals surface area contributed by atoms with E-state index in [1.807, 2.05) is 0 Å². The Balaban J connectivity index is 2.49. The van der Waals surface area contributed by atoms with Gasteiger partial charge in [0.15, 0.2) is 0 Å². The van der Waals surface area contributed by atoms with Crippen LogP contribution in [0, 0.1) is 0 Å². The molecule has 0 aromatic carbocycles. The van der Waals surface area contributed by atoms with Gasteiger partial charge in [-0.2, -0.15) is 0 Å². The van der Waals surface area contributed by atoms with E-state index in [-0.39, 0.29) is 5.60 Å². The molecule has 76 valence electrons. The third-order valence-corrected chi connectivity index (χ3v) is 2.22. The van der Waals surface area contributed by atoms with Gasteiger partial charge in [0, 0.05) is 26.2 Å². The molecule has 1 saturated heterocycles. The van der Waals surface area contributed by atoms with Gasteiger partial charge >= 0.3 is 0 Å². The molecular formula is C9H18N2OS. The fourth-order valence-corrected chi connectivity index (χ4v) is 1.84. The van der Waals surface area contributed by atoms with E-state index >= 15 is 0 Å². The first kappa shape index (κ1) is 10.9. The molecule has 1 rings (SSSR count). The molecule has 1 aliphatic heterocycles. The largest absolute Gasteiger partial charge is 0.392 e. The number of rotatable bonds is 2. The SMILES string of the molecule is CC1(C)CN(CC(N)=S)CCCO1. The minimum atomic E-state index is -0.0682. The second-order valence-electron chi connectivity index (χ2n) is 4.14. The monoisotopic (exact) mass is 202 g/mol. The number of nitrogens with two attached hydrogens (primary N) is 1. The van der Waals surface area contributed by atoms with E-state index in [0.717, 1.165) is 26.1 Å². The Morgan fingerprint density at radius 3 is 2.92 bits per heavy atom. The summed E-state index contributed by atoms with van der Waals surface area (Å²) in [6.45, 7) is 7.68. The average Bonchev–Trinajstić information content (AvgIpc) is 2.09. The molecule has 3 nitrogen and oxygen atoms in total. The van der Waals surface area contributed by atoms with Gasteiger partial charge in [-0.1, -0.05) is 12.2 Å². The molecule has 1 heterocycles. The number of ether oxygens (including phenoxy) is 1. The fourth-order valence-electron chi connectivity index (χ4n) is 1.66. The van der Waals surface area contributed by atoms with E-state index in [1.54, 1.807) is 0 Å². The van der Waals surface area contributed by atoms with Gasteiger partial charge in [0.25, 0.3) is 0 Å². The topological polar surface area (TPSA) is 38.5 Å². The lowest BCUT2D eigenvalue weighted by Gasteiger charge is -2.28. The summed E-state index contributed by atoms with van der Waals surface area (Å²) in [7, 11) is 0. The van der Waals surface area contributed by atoms with Crippen molar-refractivity contribution in [1.29, 1.82) is 0 Å². The minimum absolute atomic E-state index is 0.0682. The van der Waals surface area contributed by atoms with Crippen molar-refractivity contribution < 1.29 is 4.74 Å². The summed E-state index contributed by atoms with van der Waals surface area (Å²) in [4.78, 5) is 2.83. The van der Waals surface area contributed by atoms with Crippen LogP contribution in [0.2, 0.25) is 0 Å². The molecule has 0 aromatic heterocycles. The highest BCUT2D eigenvalue weighted by molar-refractivity contribution is 7.80. The maximum absolute atomic E-state index is 5.68. The maximum atomic E-state index is 5.68. The lowest BCUT2D eigenvalue weighted by molar-refractivity contribution is -0.0156. The van der Waals surface area contributed by atoms with Crippen LogP contribution in [0.5, 0.6) is 0 Å². The zero-order chi connectivity index (χ0) is 9.90. The summed E-state index contributed by atoms with van der Waals surface area (Å²) in [5.41, 5.74) is 5.44. The highest BCUT2D eigenvalue weighted by Crippen LogP contribution is 2.15. The number of hydrogen-bond donors (Lipinski definition) is 1. The predicted octanol–water partition coefficient (Wildman–Crippen LogP) is 0.773. The van der Waals surface area contributed by atoms with Crippen molar-refractivity contribution in [3.05, 3.63) is 0 Å². The summed E-state index contributed by atoms with van der Waals surface area (Å²) >= 11 is 4.89. The Morgan fingerprint density at radius 2 is 2.31 bits per heavy atom. The van der Waals surface area contributed by atoms with Crippen molar-refractivity contribution in [3.8, 4) is 0 Å². The van der Waals surface area contributed by atoms with Crippen LogP contribution >= 0.6 is 12.2 Å². The van der Waals surface area contributed by atoms with E-state index in [1.165, 1.54) is 0 Å². The van der Waals surface area contributed by atoms with E-state index in [2.05, 4.69) is 18.7 Å². The summed E-state index contributed by atoms with van der Waals surface area (Å²) in [6, 6.07) is 0. The van der Waals surface area contributed by atoms with Crippen LogP contribution in [0.1, 0.15) is 20.3 Å². The van der Waals surface area contributed by atoms with Gasteiger partial charge in [-0.05, 0) is 20.3 Å². The molecule has 0 aliphatic carbocycles.